The van der Waals surface area contributed by atoms with E-state index in [4.69, 9.17) is 5.11 Å². The van der Waals surface area contributed by atoms with Gasteiger partial charge in [-0.25, -0.2) is 4.79 Å². The van der Waals surface area contributed by atoms with Crippen LogP contribution in [0.4, 0.5) is 4.79 Å². The van der Waals surface area contributed by atoms with Gasteiger partial charge in [0.2, 0.25) is 0 Å². The van der Waals surface area contributed by atoms with Crippen molar-refractivity contribution < 1.29 is 14.7 Å². The van der Waals surface area contributed by atoms with Crippen LogP contribution in [0.15, 0.2) is 0 Å². The van der Waals surface area contributed by atoms with Gasteiger partial charge < -0.3 is 15.7 Å². The van der Waals surface area contributed by atoms with Gasteiger partial charge in [0.1, 0.15) is 0 Å². The first-order valence-electron chi connectivity index (χ1n) is 8.40. The number of amides is 2. The van der Waals surface area contributed by atoms with Gasteiger partial charge in [-0.3, -0.25) is 4.79 Å². The molecule has 0 saturated heterocycles. The molecule has 0 aromatic carbocycles. The maximum Gasteiger partial charge on any atom is 0.315 e. The number of rotatable bonds is 4. The molecule has 2 saturated carbocycles. The fraction of sp³-hybridized carbons (Fsp3) is 0.875. The van der Waals surface area contributed by atoms with Crippen molar-refractivity contribution >= 4 is 12.0 Å². The fourth-order valence-corrected chi connectivity index (χ4v) is 3.75. The number of hydrogen-bond acceptors (Lipinski definition) is 2. The molecule has 2 amide bonds. The summed E-state index contributed by atoms with van der Waals surface area (Å²) in [7, 11) is 0. The van der Waals surface area contributed by atoms with Crippen LogP contribution in [0.25, 0.3) is 0 Å². The highest BCUT2D eigenvalue weighted by Gasteiger charge is 2.36. The summed E-state index contributed by atoms with van der Waals surface area (Å²) in [5.41, 5.74) is -0.543. The maximum absolute atomic E-state index is 12.3. The minimum atomic E-state index is -0.827. The molecule has 0 unspecified atom stereocenters. The van der Waals surface area contributed by atoms with Gasteiger partial charge in [-0.15, -0.1) is 0 Å². The van der Waals surface area contributed by atoms with Crippen LogP contribution in [0, 0.1) is 0 Å². The lowest BCUT2D eigenvalue weighted by Crippen LogP contribution is -2.55. The zero-order valence-corrected chi connectivity index (χ0v) is 12.8. The molecule has 2 rings (SSSR count). The Bertz CT molecular complexity index is 357. The summed E-state index contributed by atoms with van der Waals surface area (Å²) in [6, 6.07) is 0.0722. The van der Waals surface area contributed by atoms with E-state index < -0.39 is 11.5 Å². The predicted octanol–water partition coefficient (Wildman–Crippen LogP) is 3.19. The number of nitrogens with one attached hydrogen (secondary N) is 2. The third-order valence-electron chi connectivity index (χ3n) is 4.87. The topological polar surface area (TPSA) is 78.4 Å². The Morgan fingerprint density at radius 2 is 1.52 bits per heavy atom. The molecule has 0 spiro atoms. The van der Waals surface area contributed by atoms with E-state index in [1.807, 2.05) is 0 Å². The third kappa shape index (κ3) is 5.21. The fourth-order valence-electron chi connectivity index (χ4n) is 3.75. The first kappa shape index (κ1) is 16.1. The molecule has 0 bridgehead atoms. The average Bonchev–Trinajstić information content (AvgIpc) is 2.67. The number of hydrogen-bond donors (Lipinski definition) is 3. The number of carbonyl (C=O) groups is 2. The molecular formula is C16H28N2O3. The molecule has 5 heteroatoms. The van der Waals surface area contributed by atoms with Crippen molar-refractivity contribution in [3.05, 3.63) is 0 Å². The van der Waals surface area contributed by atoms with E-state index in [1.165, 1.54) is 25.7 Å². The zero-order valence-electron chi connectivity index (χ0n) is 12.8. The Kier molecular flexibility index (Phi) is 5.88. The highest BCUT2D eigenvalue weighted by molar-refractivity contribution is 5.77. The van der Waals surface area contributed by atoms with E-state index in [2.05, 4.69) is 10.6 Å². The number of carboxylic acids is 1. The molecule has 0 aromatic heterocycles. The van der Waals surface area contributed by atoms with Crippen molar-refractivity contribution in [2.45, 2.75) is 88.6 Å². The van der Waals surface area contributed by atoms with Crippen molar-refractivity contribution in [1.82, 2.24) is 10.6 Å². The Balaban J connectivity index is 1.89. The molecule has 0 heterocycles. The quantitative estimate of drug-likeness (QED) is 0.697. The molecule has 2 fully saturated rings. The normalized spacial score (nSPS) is 23.0. The second-order valence-electron chi connectivity index (χ2n) is 6.70. The van der Waals surface area contributed by atoms with E-state index in [0.717, 1.165) is 44.9 Å². The van der Waals surface area contributed by atoms with Gasteiger partial charge in [0, 0.05) is 6.04 Å². The van der Waals surface area contributed by atoms with Gasteiger partial charge >= 0.3 is 12.0 Å². The van der Waals surface area contributed by atoms with Crippen molar-refractivity contribution in [2.75, 3.05) is 0 Å². The smallest absolute Gasteiger partial charge is 0.315 e. The lowest BCUT2D eigenvalue weighted by Gasteiger charge is -2.37. The van der Waals surface area contributed by atoms with Crippen LogP contribution in [0.1, 0.15) is 77.0 Å². The van der Waals surface area contributed by atoms with E-state index >= 15 is 0 Å². The SMILES string of the molecule is O=C(O)CC1(NC(=O)NC2CCCCCC2)CCCCC1. The highest BCUT2D eigenvalue weighted by atomic mass is 16.4. The van der Waals surface area contributed by atoms with Crippen LogP contribution in [0.3, 0.4) is 0 Å². The summed E-state index contributed by atoms with van der Waals surface area (Å²) in [6.45, 7) is 0. The summed E-state index contributed by atoms with van der Waals surface area (Å²) in [4.78, 5) is 23.4. The number of carboxylic acid groups (broad SMARTS) is 1. The van der Waals surface area contributed by atoms with Gasteiger partial charge in [-0.1, -0.05) is 44.9 Å². The Morgan fingerprint density at radius 1 is 0.952 bits per heavy atom. The standard InChI is InChI=1S/C16H28N2O3/c19-14(20)12-16(10-6-3-7-11-16)18-15(21)17-13-8-4-1-2-5-9-13/h13H,1-12H2,(H,19,20)(H2,17,18,21). The molecular weight excluding hydrogens is 268 g/mol. The number of aliphatic carboxylic acids is 1. The summed E-state index contributed by atoms with van der Waals surface area (Å²) >= 11 is 0. The highest BCUT2D eigenvalue weighted by Crippen LogP contribution is 2.31. The van der Waals surface area contributed by atoms with Gasteiger partial charge in [-0.05, 0) is 25.7 Å². The van der Waals surface area contributed by atoms with Crippen molar-refractivity contribution in [3.8, 4) is 0 Å². The van der Waals surface area contributed by atoms with Crippen LogP contribution in [-0.2, 0) is 4.79 Å². The molecule has 5 nitrogen and oxygen atoms in total. The lowest BCUT2D eigenvalue weighted by atomic mass is 9.79. The lowest BCUT2D eigenvalue weighted by molar-refractivity contribution is -0.139. The van der Waals surface area contributed by atoms with Crippen molar-refractivity contribution in [1.29, 1.82) is 0 Å². The Hall–Kier alpha value is -1.26. The molecule has 3 N–H and O–H groups in total. The van der Waals surface area contributed by atoms with Gasteiger partial charge in [0.15, 0.2) is 0 Å². The Morgan fingerprint density at radius 3 is 2.10 bits per heavy atom. The Labute approximate surface area is 126 Å². The average molecular weight is 296 g/mol. The predicted molar refractivity (Wildman–Crippen MR) is 81.2 cm³/mol. The molecule has 0 radical (unpaired) electrons. The van der Waals surface area contributed by atoms with Crippen molar-refractivity contribution in [2.24, 2.45) is 0 Å². The van der Waals surface area contributed by atoms with Crippen LogP contribution in [0.2, 0.25) is 0 Å². The van der Waals surface area contributed by atoms with Crippen LogP contribution < -0.4 is 10.6 Å². The molecule has 21 heavy (non-hydrogen) atoms. The second kappa shape index (κ2) is 7.66. The number of carbonyl (C=O) groups excluding carboxylic acids is 1. The molecule has 0 aliphatic heterocycles. The summed E-state index contributed by atoms with van der Waals surface area (Å²) in [5, 5.41) is 15.2. The van der Waals surface area contributed by atoms with Crippen LogP contribution >= 0.6 is 0 Å². The van der Waals surface area contributed by atoms with Crippen molar-refractivity contribution in [3.63, 3.8) is 0 Å². The molecule has 120 valence electrons. The van der Waals surface area contributed by atoms with E-state index in [9.17, 15) is 9.59 Å². The largest absolute Gasteiger partial charge is 0.481 e. The van der Waals surface area contributed by atoms with Gasteiger partial charge in [0.25, 0.3) is 0 Å². The van der Waals surface area contributed by atoms with E-state index in [0.29, 0.717) is 0 Å². The molecule has 0 aromatic rings. The summed E-state index contributed by atoms with van der Waals surface area (Å²) in [5.74, 6) is -0.827. The maximum atomic E-state index is 12.3. The second-order valence-corrected chi connectivity index (χ2v) is 6.70. The first-order chi connectivity index (χ1) is 10.1. The molecule has 2 aliphatic rings. The molecule has 2 aliphatic carbocycles. The van der Waals surface area contributed by atoms with Gasteiger partial charge in [0.05, 0.1) is 12.0 Å². The molecule has 0 atom stereocenters. The third-order valence-corrected chi connectivity index (χ3v) is 4.87. The van der Waals surface area contributed by atoms with Gasteiger partial charge in [-0.2, -0.15) is 0 Å². The van der Waals surface area contributed by atoms with Crippen LogP contribution in [0.5, 0.6) is 0 Å². The minimum absolute atomic E-state index is 0.0328. The first-order valence-corrected chi connectivity index (χ1v) is 8.40. The summed E-state index contributed by atoms with van der Waals surface area (Å²) < 4.78 is 0. The van der Waals surface area contributed by atoms with E-state index in [1.54, 1.807) is 0 Å². The zero-order chi connectivity index (χ0) is 15.1. The number of urea groups is 1. The minimum Gasteiger partial charge on any atom is -0.481 e. The summed E-state index contributed by atoms with van der Waals surface area (Å²) in [6.07, 6.45) is 11.6. The van der Waals surface area contributed by atoms with E-state index in [-0.39, 0.29) is 18.5 Å². The van der Waals surface area contributed by atoms with Crippen LogP contribution in [-0.4, -0.2) is 28.7 Å². The monoisotopic (exact) mass is 296 g/mol.